The number of rotatable bonds is 3. The molecule has 0 unspecified atom stereocenters. The van der Waals surface area contributed by atoms with Gasteiger partial charge < -0.3 is 9.47 Å². The minimum Gasteiger partial charge on any atom is -0.493 e. The number of ether oxygens (including phenoxy) is 2. The van der Waals surface area contributed by atoms with E-state index in [4.69, 9.17) is 9.47 Å². The molecule has 1 aromatic carbocycles. The standard InChI is InChI=1S/C13H10F3NO2/c1-18-11-6-7-17-8-12(11)19-10-4-2-9(3-5-10)13(14,15)16/h2-8H,1H3. The molecule has 0 bridgehead atoms. The van der Waals surface area contributed by atoms with Crippen LogP contribution in [-0.4, -0.2) is 12.1 Å². The van der Waals surface area contributed by atoms with Crippen molar-refractivity contribution in [2.45, 2.75) is 6.18 Å². The normalized spacial score (nSPS) is 11.2. The lowest BCUT2D eigenvalue weighted by molar-refractivity contribution is -0.137. The molecule has 6 heteroatoms. The van der Waals surface area contributed by atoms with Crippen LogP contribution in [0, 0.1) is 0 Å². The fourth-order valence-corrected chi connectivity index (χ4v) is 1.45. The van der Waals surface area contributed by atoms with E-state index >= 15 is 0 Å². The molecule has 19 heavy (non-hydrogen) atoms. The molecule has 1 heterocycles. The van der Waals surface area contributed by atoms with E-state index in [2.05, 4.69) is 4.98 Å². The SMILES string of the molecule is COc1ccncc1Oc1ccc(C(F)(F)F)cc1. The van der Waals surface area contributed by atoms with Crippen molar-refractivity contribution in [2.24, 2.45) is 0 Å². The minimum atomic E-state index is -4.36. The molecule has 0 saturated carbocycles. The van der Waals surface area contributed by atoms with E-state index in [0.29, 0.717) is 11.5 Å². The number of methoxy groups -OCH3 is 1. The smallest absolute Gasteiger partial charge is 0.416 e. The second-order valence-corrected chi connectivity index (χ2v) is 3.65. The Balaban J connectivity index is 2.20. The highest BCUT2D eigenvalue weighted by molar-refractivity contribution is 5.41. The Morgan fingerprint density at radius 1 is 1.00 bits per heavy atom. The van der Waals surface area contributed by atoms with Crippen molar-refractivity contribution >= 4 is 0 Å². The molecule has 0 N–H and O–H groups in total. The van der Waals surface area contributed by atoms with Crippen molar-refractivity contribution in [3.05, 3.63) is 48.3 Å². The predicted molar refractivity (Wildman–Crippen MR) is 62.3 cm³/mol. The molecule has 0 atom stereocenters. The lowest BCUT2D eigenvalue weighted by atomic mass is 10.2. The summed E-state index contributed by atoms with van der Waals surface area (Å²) in [5, 5.41) is 0. The third kappa shape index (κ3) is 3.15. The van der Waals surface area contributed by atoms with Crippen molar-refractivity contribution in [3.8, 4) is 17.2 Å². The fraction of sp³-hybridized carbons (Fsp3) is 0.154. The lowest BCUT2D eigenvalue weighted by Crippen LogP contribution is -2.04. The van der Waals surface area contributed by atoms with Crippen LogP contribution in [0.15, 0.2) is 42.7 Å². The van der Waals surface area contributed by atoms with E-state index in [1.807, 2.05) is 0 Å². The van der Waals surface area contributed by atoms with Gasteiger partial charge in [0.05, 0.1) is 18.9 Å². The van der Waals surface area contributed by atoms with Crippen molar-refractivity contribution < 1.29 is 22.6 Å². The van der Waals surface area contributed by atoms with Crippen molar-refractivity contribution in [1.82, 2.24) is 4.98 Å². The van der Waals surface area contributed by atoms with E-state index < -0.39 is 11.7 Å². The first-order valence-electron chi connectivity index (χ1n) is 5.34. The van der Waals surface area contributed by atoms with Gasteiger partial charge in [-0.05, 0) is 24.3 Å². The molecule has 0 fully saturated rings. The van der Waals surface area contributed by atoms with Crippen LogP contribution in [0.1, 0.15) is 5.56 Å². The molecule has 0 saturated heterocycles. The Kier molecular flexibility index (Phi) is 3.59. The fourth-order valence-electron chi connectivity index (χ4n) is 1.45. The van der Waals surface area contributed by atoms with E-state index in [0.717, 1.165) is 12.1 Å². The largest absolute Gasteiger partial charge is 0.493 e. The van der Waals surface area contributed by atoms with Crippen LogP contribution >= 0.6 is 0 Å². The van der Waals surface area contributed by atoms with Crippen LogP contribution < -0.4 is 9.47 Å². The van der Waals surface area contributed by atoms with Gasteiger partial charge in [0, 0.05) is 12.3 Å². The van der Waals surface area contributed by atoms with Gasteiger partial charge in [0.1, 0.15) is 5.75 Å². The molecule has 1 aromatic heterocycles. The van der Waals surface area contributed by atoms with Gasteiger partial charge in [-0.25, -0.2) is 0 Å². The zero-order valence-electron chi connectivity index (χ0n) is 9.94. The maximum Gasteiger partial charge on any atom is 0.416 e. The maximum atomic E-state index is 12.4. The van der Waals surface area contributed by atoms with Gasteiger partial charge in [0.2, 0.25) is 0 Å². The summed E-state index contributed by atoms with van der Waals surface area (Å²) >= 11 is 0. The summed E-state index contributed by atoms with van der Waals surface area (Å²) in [5.74, 6) is 1.07. The number of benzene rings is 1. The molecule has 2 rings (SSSR count). The molecule has 2 aromatic rings. The Labute approximate surface area is 107 Å². The van der Waals surface area contributed by atoms with Crippen molar-refractivity contribution in [2.75, 3.05) is 7.11 Å². The molecule has 0 aliphatic heterocycles. The summed E-state index contributed by atoms with van der Waals surface area (Å²) in [7, 11) is 1.47. The van der Waals surface area contributed by atoms with Crippen molar-refractivity contribution in [3.63, 3.8) is 0 Å². The number of hydrogen-bond acceptors (Lipinski definition) is 3. The number of hydrogen-bond donors (Lipinski definition) is 0. The minimum absolute atomic E-state index is 0.277. The monoisotopic (exact) mass is 269 g/mol. The third-order valence-electron chi connectivity index (χ3n) is 2.38. The van der Waals surface area contributed by atoms with Gasteiger partial charge >= 0.3 is 6.18 Å². The number of alkyl halides is 3. The lowest BCUT2D eigenvalue weighted by Gasteiger charge is -2.10. The molecule has 0 spiro atoms. The molecular weight excluding hydrogens is 259 g/mol. The van der Waals surface area contributed by atoms with Crippen LogP contribution in [-0.2, 0) is 6.18 Å². The van der Waals surface area contributed by atoms with Gasteiger partial charge in [0.15, 0.2) is 11.5 Å². The van der Waals surface area contributed by atoms with Gasteiger partial charge in [-0.3, -0.25) is 4.98 Å². The molecular formula is C13H10F3NO2. The Hall–Kier alpha value is -2.24. The van der Waals surface area contributed by atoms with E-state index in [1.54, 1.807) is 6.07 Å². The second-order valence-electron chi connectivity index (χ2n) is 3.65. The number of aromatic nitrogens is 1. The predicted octanol–water partition coefficient (Wildman–Crippen LogP) is 3.90. The van der Waals surface area contributed by atoms with E-state index in [9.17, 15) is 13.2 Å². The van der Waals surface area contributed by atoms with Crippen LogP contribution in [0.4, 0.5) is 13.2 Å². The first-order chi connectivity index (χ1) is 9.00. The first kappa shape index (κ1) is 13.2. The summed E-state index contributed by atoms with van der Waals surface area (Å²) in [4.78, 5) is 3.86. The molecule has 3 nitrogen and oxygen atoms in total. The molecule has 100 valence electrons. The number of halogens is 3. The zero-order valence-corrected chi connectivity index (χ0v) is 9.94. The van der Waals surface area contributed by atoms with Crippen LogP contribution in [0.25, 0.3) is 0 Å². The van der Waals surface area contributed by atoms with Crippen LogP contribution in [0.2, 0.25) is 0 Å². The summed E-state index contributed by atoms with van der Waals surface area (Å²) in [6, 6.07) is 6.00. The van der Waals surface area contributed by atoms with Gasteiger partial charge in [-0.1, -0.05) is 0 Å². The molecule has 0 aliphatic rings. The first-order valence-corrected chi connectivity index (χ1v) is 5.34. The van der Waals surface area contributed by atoms with Gasteiger partial charge in [-0.15, -0.1) is 0 Å². The average Bonchev–Trinajstić information content (AvgIpc) is 2.39. The zero-order chi connectivity index (χ0) is 13.9. The van der Waals surface area contributed by atoms with Crippen molar-refractivity contribution in [1.29, 1.82) is 0 Å². The van der Waals surface area contributed by atoms with Crippen LogP contribution in [0.3, 0.4) is 0 Å². The van der Waals surface area contributed by atoms with E-state index in [1.165, 1.54) is 31.6 Å². The molecule has 0 amide bonds. The summed E-state index contributed by atoms with van der Waals surface area (Å²) < 4.78 is 47.6. The Bertz CT molecular complexity index is 553. The summed E-state index contributed by atoms with van der Waals surface area (Å²) in [6.07, 6.45) is -1.40. The molecule has 0 radical (unpaired) electrons. The highest BCUT2D eigenvalue weighted by Gasteiger charge is 2.30. The maximum absolute atomic E-state index is 12.4. The number of pyridine rings is 1. The summed E-state index contributed by atoms with van der Waals surface area (Å²) in [6.45, 7) is 0. The topological polar surface area (TPSA) is 31.4 Å². The molecule has 0 aliphatic carbocycles. The highest BCUT2D eigenvalue weighted by atomic mass is 19.4. The highest BCUT2D eigenvalue weighted by Crippen LogP contribution is 2.33. The quantitative estimate of drug-likeness (QED) is 0.846. The Morgan fingerprint density at radius 3 is 2.26 bits per heavy atom. The third-order valence-corrected chi connectivity index (χ3v) is 2.38. The number of nitrogens with zero attached hydrogens (tertiary/aromatic N) is 1. The van der Waals surface area contributed by atoms with E-state index in [-0.39, 0.29) is 5.75 Å². The van der Waals surface area contributed by atoms with Crippen LogP contribution in [0.5, 0.6) is 17.2 Å². The second kappa shape index (κ2) is 5.17. The Morgan fingerprint density at radius 2 is 1.68 bits per heavy atom. The van der Waals surface area contributed by atoms with Gasteiger partial charge in [0.25, 0.3) is 0 Å². The summed E-state index contributed by atoms with van der Waals surface area (Å²) in [5.41, 5.74) is -0.724. The van der Waals surface area contributed by atoms with Gasteiger partial charge in [-0.2, -0.15) is 13.2 Å². The average molecular weight is 269 g/mol.